The predicted molar refractivity (Wildman–Crippen MR) is 72.7 cm³/mol. The number of hydrogen-bond donors (Lipinski definition) is 2. The molecule has 0 aliphatic carbocycles. The molecule has 0 aliphatic heterocycles. The van der Waals surface area contributed by atoms with Crippen molar-refractivity contribution < 1.29 is 18.3 Å². The summed E-state index contributed by atoms with van der Waals surface area (Å²) < 4.78 is 25.6. The zero-order chi connectivity index (χ0) is 14.5. The molecular weight excluding hydrogens is 290 g/mol. The van der Waals surface area contributed by atoms with E-state index in [-0.39, 0.29) is 23.7 Å². The largest absolute Gasteiger partial charge is 0.481 e. The highest BCUT2D eigenvalue weighted by Gasteiger charge is 2.14. The maximum absolute atomic E-state index is 11.6. The van der Waals surface area contributed by atoms with Gasteiger partial charge in [0.15, 0.2) is 0 Å². The Morgan fingerprint density at radius 2 is 2.11 bits per heavy atom. The topological polar surface area (TPSA) is 109 Å². The van der Waals surface area contributed by atoms with Gasteiger partial charge in [-0.3, -0.25) is 9.52 Å². The third-order valence-electron chi connectivity index (χ3n) is 2.10. The summed E-state index contributed by atoms with van der Waals surface area (Å²) in [6.45, 7) is 4.08. The molecule has 0 radical (unpaired) electrons. The minimum absolute atomic E-state index is 0.0717. The number of hydrogen-bond acceptors (Lipinski definition) is 6. The van der Waals surface area contributed by atoms with Crippen LogP contribution in [0.1, 0.15) is 31.7 Å². The Hall–Kier alpha value is -1.22. The number of nitrogens with one attached hydrogen (secondary N) is 1. The summed E-state index contributed by atoms with van der Waals surface area (Å²) in [6, 6.07) is 0. The fraction of sp³-hybridized carbons (Fsp3) is 0.700. The summed E-state index contributed by atoms with van der Waals surface area (Å²) in [5, 5.41) is 17.1. The summed E-state index contributed by atoms with van der Waals surface area (Å²) in [4.78, 5) is 10.3. The van der Waals surface area contributed by atoms with E-state index >= 15 is 0 Å². The van der Waals surface area contributed by atoms with Gasteiger partial charge in [0.2, 0.25) is 15.2 Å². The van der Waals surface area contributed by atoms with Gasteiger partial charge in [0, 0.05) is 12.8 Å². The number of aliphatic carboxylic acids is 1. The number of carbonyl (C=O) groups is 1. The van der Waals surface area contributed by atoms with E-state index in [4.69, 9.17) is 5.11 Å². The lowest BCUT2D eigenvalue weighted by Crippen LogP contribution is -2.17. The van der Waals surface area contributed by atoms with Gasteiger partial charge in [0.25, 0.3) is 0 Å². The van der Waals surface area contributed by atoms with Gasteiger partial charge >= 0.3 is 5.97 Å². The fourth-order valence-electron chi connectivity index (χ4n) is 1.32. The van der Waals surface area contributed by atoms with Crippen molar-refractivity contribution in [1.82, 2.24) is 10.2 Å². The fourth-order valence-corrected chi connectivity index (χ4v) is 3.61. The molecule has 1 aromatic rings. The number of sulfonamides is 1. The molecule has 108 valence electrons. The van der Waals surface area contributed by atoms with Gasteiger partial charge in [-0.05, 0) is 12.3 Å². The molecule has 19 heavy (non-hydrogen) atoms. The second kappa shape index (κ2) is 6.80. The summed E-state index contributed by atoms with van der Waals surface area (Å²) in [5.41, 5.74) is 0. The highest BCUT2D eigenvalue weighted by molar-refractivity contribution is 7.92. The summed E-state index contributed by atoms with van der Waals surface area (Å²) in [7, 11) is -3.55. The van der Waals surface area contributed by atoms with Crippen LogP contribution in [0.3, 0.4) is 0 Å². The van der Waals surface area contributed by atoms with E-state index in [1.54, 1.807) is 0 Å². The van der Waals surface area contributed by atoms with Crippen LogP contribution < -0.4 is 4.72 Å². The van der Waals surface area contributed by atoms with Crippen molar-refractivity contribution >= 4 is 32.5 Å². The molecule has 0 fully saturated rings. The molecule has 0 aliphatic rings. The first-order valence-electron chi connectivity index (χ1n) is 5.83. The molecule has 0 unspecified atom stereocenters. The number of rotatable bonds is 8. The second-order valence-corrected chi connectivity index (χ2v) is 7.42. The first-order chi connectivity index (χ1) is 8.78. The summed E-state index contributed by atoms with van der Waals surface area (Å²) in [5.74, 6) is -0.823. The molecule has 0 saturated heterocycles. The van der Waals surface area contributed by atoms with Crippen molar-refractivity contribution in [2.75, 3.05) is 10.5 Å². The Morgan fingerprint density at radius 3 is 2.68 bits per heavy atom. The molecule has 2 N–H and O–H groups in total. The average molecular weight is 307 g/mol. The van der Waals surface area contributed by atoms with Gasteiger partial charge in [-0.2, -0.15) is 0 Å². The van der Waals surface area contributed by atoms with Crippen molar-refractivity contribution in [3.8, 4) is 0 Å². The molecule has 7 nitrogen and oxygen atoms in total. The van der Waals surface area contributed by atoms with E-state index in [0.29, 0.717) is 5.92 Å². The Morgan fingerprint density at radius 1 is 1.42 bits per heavy atom. The van der Waals surface area contributed by atoms with Crippen LogP contribution in [0.25, 0.3) is 0 Å². The average Bonchev–Trinajstić information content (AvgIpc) is 2.62. The molecule has 1 rings (SSSR count). The van der Waals surface area contributed by atoms with E-state index in [2.05, 4.69) is 14.9 Å². The minimum atomic E-state index is -3.55. The van der Waals surface area contributed by atoms with Gasteiger partial charge in [-0.25, -0.2) is 8.42 Å². The zero-order valence-electron chi connectivity index (χ0n) is 10.8. The number of carboxylic acids is 1. The van der Waals surface area contributed by atoms with Crippen LogP contribution in [0.15, 0.2) is 0 Å². The number of nitrogens with zero attached hydrogens (tertiary/aromatic N) is 2. The molecule has 0 bridgehead atoms. The summed E-state index contributed by atoms with van der Waals surface area (Å²) >= 11 is 1.20. The third kappa shape index (κ3) is 6.48. The normalized spacial score (nSPS) is 11.7. The number of aromatic nitrogens is 2. The molecule has 1 heterocycles. The summed E-state index contributed by atoms with van der Waals surface area (Å²) in [6.07, 6.45) is 0.649. The first-order valence-corrected chi connectivity index (χ1v) is 8.30. The Kier molecular flexibility index (Phi) is 5.67. The highest BCUT2D eigenvalue weighted by Crippen LogP contribution is 2.19. The molecule has 0 spiro atoms. The van der Waals surface area contributed by atoms with Crippen molar-refractivity contribution in [3.05, 3.63) is 5.01 Å². The van der Waals surface area contributed by atoms with Gasteiger partial charge in [-0.15, -0.1) is 10.2 Å². The smallest absolute Gasteiger partial charge is 0.303 e. The van der Waals surface area contributed by atoms with Crippen LogP contribution in [0, 0.1) is 5.92 Å². The van der Waals surface area contributed by atoms with Gasteiger partial charge < -0.3 is 5.11 Å². The SMILES string of the molecule is CC(C)Cc1nnc(NS(=O)(=O)CCCC(=O)O)s1. The van der Waals surface area contributed by atoms with Crippen LogP contribution in [0.2, 0.25) is 0 Å². The molecule has 0 atom stereocenters. The first kappa shape index (κ1) is 15.8. The lowest BCUT2D eigenvalue weighted by Gasteiger charge is -2.02. The number of carboxylic acid groups (broad SMARTS) is 1. The maximum Gasteiger partial charge on any atom is 0.303 e. The maximum atomic E-state index is 11.6. The van der Waals surface area contributed by atoms with Crippen LogP contribution in [-0.2, 0) is 21.2 Å². The Balaban J connectivity index is 2.53. The van der Waals surface area contributed by atoms with Gasteiger partial charge in [0.05, 0.1) is 5.75 Å². The second-order valence-electron chi connectivity index (χ2n) is 4.52. The van der Waals surface area contributed by atoms with Crippen molar-refractivity contribution in [1.29, 1.82) is 0 Å². The van der Waals surface area contributed by atoms with Crippen LogP contribution in [0.4, 0.5) is 5.13 Å². The predicted octanol–water partition coefficient (Wildman–Crippen LogP) is 1.34. The van der Waals surface area contributed by atoms with Crippen molar-refractivity contribution in [2.45, 2.75) is 33.1 Å². The Bertz CT molecular complexity index is 525. The van der Waals surface area contributed by atoms with E-state index in [9.17, 15) is 13.2 Å². The van der Waals surface area contributed by atoms with Crippen LogP contribution in [0.5, 0.6) is 0 Å². The minimum Gasteiger partial charge on any atom is -0.481 e. The molecule has 9 heteroatoms. The van der Waals surface area contributed by atoms with Crippen LogP contribution in [-0.4, -0.2) is 35.4 Å². The molecular formula is C10H17N3O4S2. The van der Waals surface area contributed by atoms with Gasteiger partial charge in [-0.1, -0.05) is 25.2 Å². The van der Waals surface area contributed by atoms with E-state index in [0.717, 1.165) is 11.4 Å². The van der Waals surface area contributed by atoms with E-state index in [1.165, 1.54) is 11.3 Å². The third-order valence-corrected chi connectivity index (χ3v) is 4.42. The quantitative estimate of drug-likeness (QED) is 0.750. The van der Waals surface area contributed by atoms with Crippen molar-refractivity contribution in [3.63, 3.8) is 0 Å². The Labute approximate surface area is 116 Å². The molecule has 0 aromatic carbocycles. The highest BCUT2D eigenvalue weighted by atomic mass is 32.2. The molecule has 0 saturated carbocycles. The van der Waals surface area contributed by atoms with Gasteiger partial charge in [0.1, 0.15) is 5.01 Å². The molecule has 0 amide bonds. The lowest BCUT2D eigenvalue weighted by molar-refractivity contribution is -0.137. The molecule has 1 aromatic heterocycles. The van der Waals surface area contributed by atoms with Crippen LogP contribution >= 0.6 is 11.3 Å². The zero-order valence-corrected chi connectivity index (χ0v) is 12.4. The lowest BCUT2D eigenvalue weighted by atomic mass is 10.1. The van der Waals surface area contributed by atoms with E-state index in [1.807, 2.05) is 13.8 Å². The number of anilines is 1. The monoisotopic (exact) mass is 307 g/mol. The van der Waals surface area contributed by atoms with E-state index < -0.39 is 16.0 Å². The van der Waals surface area contributed by atoms with Crippen molar-refractivity contribution in [2.24, 2.45) is 5.92 Å². The standard InChI is InChI=1S/C10H17N3O4S2/c1-7(2)6-8-11-12-10(18-8)13-19(16,17)5-3-4-9(14)15/h7H,3-6H2,1-2H3,(H,12,13)(H,14,15).